The van der Waals surface area contributed by atoms with Crippen LogP contribution in [0.25, 0.3) is 0 Å². The number of rotatable bonds is 5. The molecule has 0 radical (unpaired) electrons. The van der Waals surface area contributed by atoms with E-state index in [4.69, 9.17) is 4.74 Å². The summed E-state index contributed by atoms with van der Waals surface area (Å²) >= 11 is 5.21. The van der Waals surface area contributed by atoms with Gasteiger partial charge in [-0.05, 0) is 47.6 Å². The van der Waals surface area contributed by atoms with E-state index in [1.54, 1.807) is 18.4 Å². The first-order chi connectivity index (χ1) is 9.08. The molecule has 1 aromatic heterocycles. The fourth-order valence-electron chi connectivity index (χ4n) is 1.93. The molecule has 1 heterocycles. The predicted molar refractivity (Wildman–Crippen MR) is 82.7 cm³/mol. The third-order valence-corrected chi connectivity index (χ3v) is 4.21. The van der Waals surface area contributed by atoms with E-state index < -0.39 is 0 Å². The van der Waals surface area contributed by atoms with Gasteiger partial charge in [-0.25, -0.2) is 4.98 Å². The van der Waals surface area contributed by atoms with Gasteiger partial charge in [0.05, 0.1) is 22.3 Å². The van der Waals surface area contributed by atoms with Gasteiger partial charge in [0.25, 0.3) is 0 Å². The zero-order chi connectivity index (χ0) is 13.8. The summed E-state index contributed by atoms with van der Waals surface area (Å²) < 4.78 is 6.23. The summed E-state index contributed by atoms with van der Waals surface area (Å²) in [5, 5.41) is 3.24. The zero-order valence-corrected chi connectivity index (χ0v) is 13.7. The van der Waals surface area contributed by atoms with E-state index in [0.717, 1.165) is 34.0 Å². The lowest BCUT2D eigenvalue weighted by Gasteiger charge is -2.16. The Kier molecular flexibility index (Phi) is 4.96. The molecule has 0 spiro atoms. The van der Waals surface area contributed by atoms with E-state index in [1.165, 1.54) is 5.56 Å². The first-order valence-corrected chi connectivity index (χ1v) is 7.67. The zero-order valence-electron chi connectivity index (χ0n) is 11.3. The van der Waals surface area contributed by atoms with Crippen LogP contribution >= 0.6 is 27.3 Å². The molecular weight excluding hydrogens is 324 g/mol. The molecule has 5 heteroatoms. The van der Waals surface area contributed by atoms with Crippen LogP contribution in [0.2, 0.25) is 0 Å². The molecule has 0 saturated heterocycles. The molecule has 0 N–H and O–H groups in total. The molecular formula is C14H17BrN2OS. The summed E-state index contributed by atoms with van der Waals surface area (Å²) in [6.07, 6.45) is 0. The highest BCUT2D eigenvalue weighted by Crippen LogP contribution is 2.26. The van der Waals surface area contributed by atoms with Gasteiger partial charge in [-0.15, -0.1) is 11.3 Å². The van der Waals surface area contributed by atoms with Crippen LogP contribution in [-0.4, -0.2) is 24.0 Å². The van der Waals surface area contributed by atoms with Gasteiger partial charge in [0.2, 0.25) is 0 Å². The van der Waals surface area contributed by atoms with Crippen LogP contribution in [0.5, 0.6) is 5.75 Å². The molecule has 19 heavy (non-hydrogen) atoms. The first kappa shape index (κ1) is 14.5. The second-order valence-corrected chi connectivity index (χ2v) is 6.42. The average Bonchev–Trinajstić information content (AvgIpc) is 2.74. The van der Waals surface area contributed by atoms with Gasteiger partial charge in [0, 0.05) is 18.5 Å². The van der Waals surface area contributed by atoms with E-state index in [9.17, 15) is 0 Å². The molecule has 0 aliphatic rings. The van der Waals surface area contributed by atoms with Crippen molar-refractivity contribution in [2.24, 2.45) is 0 Å². The average molecular weight is 341 g/mol. The quantitative estimate of drug-likeness (QED) is 0.826. The predicted octanol–water partition coefficient (Wildman–Crippen LogP) is 3.85. The number of methoxy groups -OCH3 is 1. The van der Waals surface area contributed by atoms with Crippen molar-refractivity contribution >= 4 is 27.3 Å². The van der Waals surface area contributed by atoms with Crippen LogP contribution in [0.15, 0.2) is 28.1 Å². The number of aromatic nitrogens is 1. The largest absolute Gasteiger partial charge is 0.496 e. The van der Waals surface area contributed by atoms with E-state index in [1.807, 2.05) is 13.0 Å². The minimum atomic E-state index is 0.863. The second-order valence-electron chi connectivity index (χ2n) is 4.50. The van der Waals surface area contributed by atoms with Crippen molar-refractivity contribution in [2.75, 3.05) is 14.2 Å². The van der Waals surface area contributed by atoms with Gasteiger partial charge in [0.15, 0.2) is 0 Å². The summed E-state index contributed by atoms with van der Waals surface area (Å²) in [5.74, 6) is 0.863. The van der Waals surface area contributed by atoms with E-state index in [-0.39, 0.29) is 0 Å². The Morgan fingerprint density at radius 3 is 2.74 bits per heavy atom. The van der Waals surface area contributed by atoms with Crippen LogP contribution in [-0.2, 0) is 13.1 Å². The maximum absolute atomic E-state index is 5.23. The SMILES string of the molecule is COc1ccc(CN(C)Cc2csc(C)n2)cc1Br. The summed E-state index contributed by atoms with van der Waals surface area (Å²) in [4.78, 5) is 6.74. The minimum absolute atomic E-state index is 0.863. The Balaban J connectivity index is 1.98. The number of nitrogens with zero attached hydrogens (tertiary/aromatic N) is 2. The number of aryl methyl sites for hydroxylation is 1. The number of hydrogen-bond donors (Lipinski definition) is 0. The highest BCUT2D eigenvalue weighted by atomic mass is 79.9. The van der Waals surface area contributed by atoms with Crippen LogP contribution in [0, 0.1) is 6.92 Å². The fourth-order valence-corrected chi connectivity index (χ4v) is 3.13. The molecule has 0 amide bonds. The van der Waals surface area contributed by atoms with Gasteiger partial charge in [0.1, 0.15) is 5.75 Å². The van der Waals surface area contributed by atoms with E-state index in [0.29, 0.717) is 0 Å². The maximum Gasteiger partial charge on any atom is 0.133 e. The molecule has 0 atom stereocenters. The van der Waals surface area contributed by atoms with Gasteiger partial charge >= 0.3 is 0 Å². The number of benzene rings is 1. The Morgan fingerprint density at radius 2 is 2.16 bits per heavy atom. The molecule has 0 saturated carbocycles. The summed E-state index contributed by atoms with van der Waals surface area (Å²) in [6, 6.07) is 6.17. The molecule has 0 aliphatic heterocycles. The minimum Gasteiger partial charge on any atom is -0.496 e. The number of thiazole rings is 1. The van der Waals surface area contributed by atoms with Crippen molar-refractivity contribution < 1.29 is 4.74 Å². The lowest BCUT2D eigenvalue weighted by molar-refractivity contribution is 0.315. The summed E-state index contributed by atoms with van der Waals surface area (Å²) in [6.45, 7) is 3.79. The van der Waals surface area contributed by atoms with Crippen molar-refractivity contribution in [2.45, 2.75) is 20.0 Å². The standard InChI is InChI=1S/C14H17BrN2OS/c1-10-16-12(9-19-10)8-17(2)7-11-4-5-14(18-3)13(15)6-11/h4-6,9H,7-8H2,1-3H3. The lowest BCUT2D eigenvalue weighted by atomic mass is 10.2. The highest BCUT2D eigenvalue weighted by molar-refractivity contribution is 9.10. The van der Waals surface area contributed by atoms with Crippen molar-refractivity contribution in [3.63, 3.8) is 0 Å². The van der Waals surface area contributed by atoms with Gasteiger partial charge in [-0.3, -0.25) is 4.90 Å². The first-order valence-electron chi connectivity index (χ1n) is 6.00. The second kappa shape index (κ2) is 6.50. The third-order valence-electron chi connectivity index (χ3n) is 2.77. The molecule has 0 bridgehead atoms. The van der Waals surface area contributed by atoms with Crippen LogP contribution in [0.4, 0.5) is 0 Å². The molecule has 1 aromatic carbocycles. The number of ether oxygens (including phenoxy) is 1. The lowest BCUT2D eigenvalue weighted by Crippen LogP contribution is -2.17. The number of halogens is 1. The summed E-state index contributed by atoms with van der Waals surface area (Å²) in [5.41, 5.74) is 2.39. The fraction of sp³-hybridized carbons (Fsp3) is 0.357. The van der Waals surface area contributed by atoms with E-state index in [2.05, 4.69) is 50.4 Å². The molecule has 102 valence electrons. The highest BCUT2D eigenvalue weighted by Gasteiger charge is 2.06. The Bertz CT molecular complexity index is 556. The Morgan fingerprint density at radius 1 is 1.37 bits per heavy atom. The van der Waals surface area contributed by atoms with Crippen LogP contribution in [0.1, 0.15) is 16.3 Å². The molecule has 2 aromatic rings. The van der Waals surface area contributed by atoms with Gasteiger partial charge in [-0.1, -0.05) is 6.07 Å². The van der Waals surface area contributed by atoms with Crippen LogP contribution in [0.3, 0.4) is 0 Å². The molecule has 0 aliphatic carbocycles. The molecule has 2 rings (SSSR count). The van der Waals surface area contributed by atoms with Crippen molar-refractivity contribution in [1.29, 1.82) is 0 Å². The summed E-state index contributed by atoms with van der Waals surface area (Å²) in [7, 11) is 3.78. The monoisotopic (exact) mass is 340 g/mol. The normalized spacial score (nSPS) is 11.0. The van der Waals surface area contributed by atoms with Gasteiger partial charge < -0.3 is 4.74 Å². The van der Waals surface area contributed by atoms with E-state index >= 15 is 0 Å². The van der Waals surface area contributed by atoms with Crippen LogP contribution < -0.4 is 4.74 Å². The van der Waals surface area contributed by atoms with Crippen molar-refractivity contribution in [3.8, 4) is 5.75 Å². The van der Waals surface area contributed by atoms with Crippen molar-refractivity contribution in [1.82, 2.24) is 9.88 Å². The molecule has 0 unspecified atom stereocenters. The smallest absolute Gasteiger partial charge is 0.133 e. The molecule has 0 fully saturated rings. The maximum atomic E-state index is 5.23. The van der Waals surface area contributed by atoms with Crippen molar-refractivity contribution in [3.05, 3.63) is 44.3 Å². The Labute approximate surface area is 126 Å². The molecule has 3 nitrogen and oxygen atoms in total. The number of hydrogen-bond acceptors (Lipinski definition) is 4. The topological polar surface area (TPSA) is 25.4 Å². The third kappa shape index (κ3) is 4.03. The van der Waals surface area contributed by atoms with Gasteiger partial charge in [-0.2, -0.15) is 0 Å². The Hall–Kier alpha value is -0.910.